The average Bonchev–Trinajstić information content (AvgIpc) is 3.25. The smallest absolute Gasteiger partial charge is 0.243 e. The lowest BCUT2D eigenvalue weighted by Gasteiger charge is -2.31. The molecule has 1 fully saturated rings. The topological polar surface area (TPSA) is 49.4 Å². The van der Waals surface area contributed by atoms with Crippen LogP contribution >= 0.6 is 11.6 Å². The van der Waals surface area contributed by atoms with E-state index in [0.717, 1.165) is 36.8 Å². The number of carbonyl (C=O) groups is 2. The van der Waals surface area contributed by atoms with Crippen molar-refractivity contribution in [1.29, 1.82) is 0 Å². The predicted molar refractivity (Wildman–Crippen MR) is 121 cm³/mol. The van der Waals surface area contributed by atoms with Crippen LogP contribution in [0.25, 0.3) is 0 Å². The fraction of sp³-hybridized carbons (Fsp3) is 0.440. The molecule has 1 saturated carbocycles. The van der Waals surface area contributed by atoms with Gasteiger partial charge < -0.3 is 10.2 Å². The first kappa shape index (κ1) is 23.3. The lowest BCUT2D eigenvalue weighted by Crippen LogP contribution is -2.51. The highest BCUT2D eigenvalue weighted by atomic mass is 35.5. The number of nitrogens with zero attached hydrogens (tertiary/aromatic N) is 1. The molecule has 6 heteroatoms. The molecule has 0 radical (unpaired) electrons. The summed E-state index contributed by atoms with van der Waals surface area (Å²) in [6.45, 7) is 4.17. The average molecular weight is 445 g/mol. The summed E-state index contributed by atoms with van der Waals surface area (Å²) in [5.74, 6) is -0.977. The molecule has 0 saturated heterocycles. The molecule has 2 amide bonds. The molecule has 0 unspecified atom stereocenters. The zero-order valence-corrected chi connectivity index (χ0v) is 18.9. The van der Waals surface area contributed by atoms with Gasteiger partial charge in [-0.3, -0.25) is 9.59 Å². The van der Waals surface area contributed by atoms with E-state index in [1.54, 1.807) is 11.0 Å². The molecule has 0 aromatic heterocycles. The first-order chi connectivity index (χ1) is 14.9. The zero-order valence-electron chi connectivity index (χ0n) is 18.2. The number of amides is 2. The maximum absolute atomic E-state index is 14.3. The molecule has 1 aliphatic rings. The summed E-state index contributed by atoms with van der Waals surface area (Å²) in [6.07, 6.45) is 4.45. The minimum absolute atomic E-state index is 0.144. The number of benzene rings is 2. The van der Waals surface area contributed by atoms with Crippen LogP contribution in [0.15, 0.2) is 42.5 Å². The number of aryl methyl sites for hydroxylation is 1. The fourth-order valence-corrected chi connectivity index (χ4v) is 4.36. The number of hydrogen-bond donors (Lipinski definition) is 1. The van der Waals surface area contributed by atoms with Crippen LogP contribution in [0, 0.1) is 12.7 Å². The molecule has 2 aromatic rings. The molecule has 0 aliphatic heterocycles. The van der Waals surface area contributed by atoms with Gasteiger partial charge in [0.15, 0.2) is 0 Å². The van der Waals surface area contributed by atoms with E-state index in [2.05, 4.69) is 5.32 Å². The largest absolute Gasteiger partial charge is 0.352 e. The Bertz CT molecular complexity index is 890. The summed E-state index contributed by atoms with van der Waals surface area (Å²) < 4.78 is 14.3. The van der Waals surface area contributed by atoms with E-state index in [1.165, 1.54) is 12.1 Å². The van der Waals surface area contributed by atoms with Gasteiger partial charge in [0.2, 0.25) is 11.8 Å². The van der Waals surface area contributed by atoms with Gasteiger partial charge in [-0.05, 0) is 43.9 Å². The Morgan fingerprint density at radius 3 is 2.45 bits per heavy atom. The molecule has 0 bridgehead atoms. The lowest BCUT2D eigenvalue weighted by molar-refractivity contribution is -0.141. The van der Waals surface area contributed by atoms with Gasteiger partial charge in [-0.2, -0.15) is 0 Å². The summed E-state index contributed by atoms with van der Waals surface area (Å²) in [4.78, 5) is 28.0. The van der Waals surface area contributed by atoms with Crippen molar-refractivity contribution in [2.75, 3.05) is 0 Å². The quantitative estimate of drug-likeness (QED) is 0.608. The molecule has 166 valence electrons. The summed E-state index contributed by atoms with van der Waals surface area (Å²) in [5.41, 5.74) is 2.20. The van der Waals surface area contributed by atoms with Gasteiger partial charge in [0.05, 0.1) is 6.42 Å². The Kier molecular flexibility index (Phi) is 8.08. The predicted octanol–water partition coefficient (Wildman–Crippen LogP) is 5.20. The van der Waals surface area contributed by atoms with Crippen LogP contribution in [-0.2, 0) is 22.6 Å². The molecule has 0 spiro atoms. The molecule has 4 nitrogen and oxygen atoms in total. The Labute approximate surface area is 188 Å². The van der Waals surface area contributed by atoms with Crippen molar-refractivity contribution in [2.45, 2.75) is 71.0 Å². The monoisotopic (exact) mass is 444 g/mol. The minimum atomic E-state index is -0.625. The van der Waals surface area contributed by atoms with Gasteiger partial charge in [0.25, 0.3) is 0 Å². The van der Waals surface area contributed by atoms with Crippen molar-refractivity contribution in [3.05, 3.63) is 70.0 Å². The van der Waals surface area contributed by atoms with Crippen LogP contribution < -0.4 is 5.32 Å². The molecule has 1 aliphatic carbocycles. The highest BCUT2D eigenvalue weighted by Gasteiger charge is 2.31. The Balaban J connectivity index is 1.85. The maximum atomic E-state index is 14.3. The van der Waals surface area contributed by atoms with Gasteiger partial charge in [0.1, 0.15) is 11.9 Å². The van der Waals surface area contributed by atoms with E-state index in [4.69, 9.17) is 11.6 Å². The zero-order chi connectivity index (χ0) is 22.4. The fourth-order valence-electron chi connectivity index (χ4n) is 4.13. The van der Waals surface area contributed by atoms with Crippen molar-refractivity contribution in [3.8, 4) is 0 Å². The molecule has 1 atom stereocenters. The van der Waals surface area contributed by atoms with Crippen molar-refractivity contribution in [2.24, 2.45) is 0 Å². The van der Waals surface area contributed by atoms with Crippen LogP contribution in [0.2, 0.25) is 5.02 Å². The number of halogens is 2. The number of nitrogens with one attached hydrogen (secondary N) is 1. The van der Waals surface area contributed by atoms with Crippen molar-refractivity contribution < 1.29 is 14.0 Å². The standard InChI is InChI=1S/C25H30ClFN2O2/c1-3-23(25(31)28-19-7-4-5-8-19)29(16-18-13-11-17(2)12-14-18)24(30)15-20-21(26)9-6-10-22(20)27/h6,9-14,19,23H,3-5,7-8,15-16H2,1-2H3,(H,28,31)/t23-/m1/s1. The minimum Gasteiger partial charge on any atom is -0.352 e. The molecule has 2 aromatic carbocycles. The number of hydrogen-bond acceptors (Lipinski definition) is 2. The molecule has 1 N–H and O–H groups in total. The summed E-state index contributed by atoms with van der Waals surface area (Å²) in [7, 11) is 0. The van der Waals surface area contributed by atoms with Gasteiger partial charge >= 0.3 is 0 Å². The van der Waals surface area contributed by atoms with Crippen LogP contribution in [0.4, 0.5) is 4.39 Å². The molecular weight excluding hydrogens is 415 g/mol. The van der Waals surface area contributed by atoms with E-state index in [0.29, 0.717) is 6.42 Å². The third-order valence-corrected chi connectivity index (χ3v) is 6.30. The summed E-state index contributed by atoms with van der Waals surface area (Å²) in [6, 6.07) is 11.8. The van der Waals surface area contributed by atoms with Crippen molar-refractivity contribution in [3.63, 3.8) is 0 Å². The van der Waals surface area contributed by atoms with Crippen LogP contribution in [0.5, 0.6) is 0 Å². The SMILES string of the molecule is CC[C@H](C(=O)NC1CCCC1)N(Cc1ccc(C)cc1)C(=O)Cc1c(F)cccc1Cl. The number of rotatable bonds is 8. The van der Waals surface area contributed by atoms with Crippen LogP contribution in [-0.4, -0.2) is 28.8 Å². The highest BCUT2D eigenvalue weighted by Crippen LogP contribution is 2.23. The van der Waals surface area contributed by atoms with Gasteiger partial charge in [-0.25, -0.2) is 4.39 Å². The number of carbonyl (C=O) groups excluding carboxylic acids is 2. The van der Waals surface area contributed by atoms with Crippen LogP contribution in [0.3, 0.4) is 0 Å². The van der Waals surface area contributed by atoms with Gasteiger partial charge in [0, 0.05) is 23.2 Å². The third kappa shape index (κ3) is 6.07. The summed E-state index contributed by atoms with van der Waals surface area (Å²) >= 11 is 6.16. The Hall–Kier alpha value is -2.40. The van der Waals surface area contributed by atoms with Crippen molar-refractivity contribution >= 4 is 23.4 Å². The molecular formula is C25H30ClFN2O2. The Morgan fingerprint density at radius 1 is 1.16 bits per heavy atom. The van der Waals surface area contributed by atoms with E-state index in [-0.39, 0.29) is 41.4 Å². The Morgan fingerprint density at radius 2 is 1.84 bits per heavy atom. The summed E-state index contributed by atoms with van der Waals surface area (Å²) in [5, 5.41) is 3.33. The first-order valence-electron chi connectivity index (χ1n) is 11.0. The van der Waals surface area contributed by atoms with Gasteiger partial charge in [-0.1, -0.05) is 67.3 Å². The van der Waals surface area contributed by atoms with E-state index < -0.39 is 11.9 Å². The van der Waals surface area contributed by atoms with Crippen LogP contribution in [0.1, 0.15) is 55.7 Å². The second-order valence-electron chi connectivity index (χ2n) is 8.30. The lowest BCUT2D eigenvalue weighted by atomic mass is 10.0. The van der Waals surface area contributed by atoms with E-state index in [9.17, 15) is 14.0 Å². The van der Waals surface area contributed by atoms with E-state index in [1.807, 2.05) is 38.1 Å². The highest BCUT2D eigenvalue weighted by molar-refractivity contribution is 6.31. The molecule has 3 rings (SSSR count). The molecule has 0 heterocycles. The van der Waals surface area contributed by atoms with Gasteiger partial charge in [-0.15, -0.1) is 0 Å². The van der Waals surface area contributed by atoms with E-state index >= 15 is 0 Å². The molecule has 31 heavy (non-hydrogen) atoms. The second-order valence-corrected chi connectivity index (χ2v) is 8.71. The maximum Gasteiger partial charge on any atom is 0.243 e. The third-order valence-electron chi connectivity index (χ3n) is 5.95. The normalized spacial score (nSPS) is 15.0. The second kappa shape index (κ2) is 10.8. The van der Waals surface area contributed by atoms with Crippen molar-refractivity contribution in [1.82, 2.24) is 10.2 Å². The first-order valence-corrected chi connectivity index (χ1v) is 11.3.